The Balaban J connectivity index is 2.01. The molecule has 0 spiro atoms. The van der Waals surface area contributed by atoms with Crippen LogP contribution in [0.4, 0.5) is 4.39 Å². The van der Waals surface area contributed by atoms with Crippen LogP contribution >= 0.6 is 0 Å². The average Bonchev–Trinajstić information content (AvgIpc) is 3.00. The van der Waals surface area contributed by atoms with E-state index < -0.39 is 17.8 Å². The molecular formula is C18H23FN2O3. The van der Waals surface area contributed by atoms with Crippen LogP contribution in [0.2, 0.25) is 0 Å². The Bertz CT molecular complexity index is 630. The molecule has 0 radical (unpaired) electrons. The van der Waals surface area contributed by atoms with Gasteiger partial charge in [0.25, 0.3) is 5.91 Å². The minimum atomic E-state index is -0.765. The van der Waals surface area contributed by atoms with E-state index in [4.69, 9.17) is 5.11 Å². The molecule has 2 amide bonds. The molecule has 5 nitrogen and oxygen atoms in total. The summed E-state index contributed by atoms with van der Waals surface area (Å²) in [6.07, 6.45) is 4.34. The Morgan fingerprint density at radius 1 is 1.29 bits per heavy atom. The molecule has 6 heteroatoms. The minimum absolute atomic E-state index is 0.0422. The molecule has 1 aliphatic carbocycles. The second-order valence-electron chi connectivity index (χ2n) is 6.35. The number of aliphatic hydroxyl groups is 1. The van der Waals surface area contributed by atoms with E-state index in [1.807, 2.05) is 26.0 Å². The number of halogens is 1. The van der Waals surface area contributed by atoms with Gasteiger partial charge < -0.3 is 15.7 Å². The molecule has 0 bridgehead atoms. The van der Waals surface area contributed by atoms with E-state index in [0.29, 0.717) is 6.42 Å². The van der Waals surface area contributed by atoms with Crippen molar-refractivity contribution in [3.8, 4) is 0 Å². The van der Waals surface area contributed by atoms with Gasteiger partial charge in [-0.2, -0.15) is 0 Å². The molecule has 1 aromatic carbocycles. The van der Waals surface area contributed by atoms with Gasteiger partial charge in [-0.05, 0) is 24.5 Å². The zero-order valence-electron chi connectivity index (χ0n) is 13.8. The summed E-state index contributed by atoms with van der Waals surface area (Å²) in [5.74, 6) is -1.66. The van der Waals surface area contributed by atoms with Crippen molar-refractivity contribution in [1.29, 1.82) is 0 Å². The van der Waals surface area contributed by atoms with Gasteiger partial charge in [0.2, 0.25) is 5.91 Å². The van der Waals surface area contributed by atoms with Crippen molar-refractivity contribution in [3.05, 3.63) is 47.8 Å². The molecule has 130 valence electrons. The van der Waals surface area contributed by atoms with E-state index in [9.17, 15) is 14.0 Å². The zero-order valence-corrected chi connectivity index (χ0v) is 13.8. The highest BCUT2D eigenvalue weighted by atomic mass is 19.1. The van der Waals surface area contributed by atoms with E-state index in [2.05, 4.69) is 10.6 Å². The molecule has 1 unspecified atom stereocenters. The van der Waals surface area contributed by atoms with Crippen LogP contribution in [0.5, 0.6) is 0 Å². The standard InChI is InChI=1S/C18H23FN2O3/c1-11(2)16(18(24)20-13-8-7-12(9-13)10-22)21-17(23)14-5-3-4-6-15(14)19/h3-8,11-13,16,22H,9-10H2,1-2H3,(H,20,24)(H,21,23)/t12-,13+,16?/m0/s1. The molecular weight excluding hydrogens is 311 g/mol. The maximum absolute atomic E-state index is 13.7. The predicted octanol–water partition coefficient (Wildman–Crippen LogP) is 1.63. The summed E-state index contributed by atoms with van der Waals surface area (Å²) in [5, 5.41) is 14.6. The zero-order chi connectivity index (χ0) is 17.7. The van der Waals surface area contributed by atoms with Crippen LogP contribution in [-0.4, -0.2) is 35.6 Å². The molecule has 2 rings (SSSR count). The normalized spacial score (nSPS) is 20.9. The lowest BCUT2D eigenvalue weighted by atomic mass is 10.0. The average molecular weight is 334 g/mol. The molecule has 1 aromatic rings. The highest BCUT2D eigenvalue weighted by Gasteiger charge is 2.28. The smallest absolute Gasteiger partial charge is 0.254 e. The Kier molecular flexibility index (Phi) is 6.09. The molecule has 24 heavy (non-hydrogen) atoms. The van der Waals surface area contributed by atoms with Crippen LogP contribution in [0.15, 0.2) is 36.4 Å². The summed E-state index contributed by atoms with van der Waals surface area (Å²) in [4.78, 5) is 24.7. The maximum atomic E-state index is 13.7. The first kappa shape index (κ1) is 18.1. The van der Waals surface area contributed by atoms with E-state index in [1.165, 1.54) is 18.2 Å². The van der Waals surface area contributed by atoms with Crippen LogP contribution in [0.3, 0.4) is 0 Å². The SMILES string of the molecule is CC(C)C(NC(=O)c1ccccc1F)C(=O)N[C@@H]1C=C[C@H](CO)C1. The fourth-order valence-corrected chi connectivity index (χ4v) is 2.69. The molecule has 0 aliphatic heterocycles. The first-order valence-corrected chi connectivity index (χ1v) is 8.07. The predicted molar refractivity (Wildman–Crippen MR) is 88.8 cm³/mol. The second kappa shape index (κ2) is 8.06. The molecule has 1 aliphatic rings. The summed E-state index contributed by atoms with van der Waals surface area (Å²) in [6.45, 7) is 3.67. The summed E-state index contributed by atoms with van der Waals surface area (Å²) in [7, 11) is 0. The lowest BCUT2D eigenvalue weighted by molar-refractivity contribution is -0.124. The fraction of sp³-hybridized carbons (Fsp3) is 0.444. The number of hydrogen-bond donors (Lipinski definition) is 3. The van der Waals surface area contributed by atoms with E-state index in [0.717, 1.165) is 0 Å². The van der Waals surface area contributed by atoms with E-state index in [-0.39, 0.29) is 36.0 Å². The molecule has 3 atom stereocenters. The lowest BCUT2D eigenvalue weighted by Crippen LogP contribution is -2.51. The van der Waals surface area contributed by atoms with Crippen LogP contribution < -0.4 is 10.6 Å². The molecule has 0 fully saturated rings. The van der Waals surface area contributed by atoms with Crippen LogP contribution in [-0.2, 0) is 4.79 Å². The van der Waals surface area contributed by atoms with Crippen molar-refractivity contribution in [2.75, 3.05) is 6.61 Å². The van der Waals surface area contributed by atoms with Gasteiger partial charge in [0, 0.05) is 18.6 Å². The van der Waals surface area contributed by atoms with Crippen molar-refractivity contribution in [3.63, 3.8) is 0 Å². The van der Waals surface area contributed by atoms with E-state index in [1.54, 1.807) is 6.07 Å². The topological polar surface area (TPSA) is 78.4 Å². The number of rotatable bonds is 6. The largest absolute Gasteiger partial charge is 0.396 e. The molecule has 0 saturated carbocycles. The number of carbonyl (C=O) groups excluding carboxylic acids is 2. The van der Waals surface area contributed by atoms with Crippen molar-refractivity contribution in [2.24, 2.45) is 11.8 Å². The number of amides is 2. The van der Waals surface area contributed by atoms with Gasteiger partial charge in [0.05, 0.1) is 5.56 Å². The molecule has 0 saturated heterocycles. The van der Waals surface area contributed by atoms with Gasteiger partial charge in [-0.25, -0.2) is 4.39 Å². The second-order valence-corrected chi connectivity index (χ2v) is 6.35. The highest BCUT2D eigenvalue weighted by molar-refractivity contribution is 5.97. The first-order valence-electron chi connectivity index (χ1n) is 8.07. The van der Waals surface area contributed by atoms with Crippen molar-refractivity contribution in [2.45, 2.75) is 32.4 Å². The molecule has 0 heterocycles. The third kappa shape index (κ3) is 4.41. The van der Waals surface area contributed by atoms with Gasteiger partial charge in [-0.1, -0.05) is 38.1 Å². The Morgan fingerprint density at radius 3 is 2.58 bits per heavy atom. The summed E-state index contributed by atoms with van der Waals surface area (Å²) in [6, 6.07) is 4.73. The summed E-state index contributed by atoms with van der Waals surface area (Å²) < 4.78 is 13.7. The van der Waals surface area contributed by atoms with Gasteiger partial charge in [0.1, 0.15) is 11.9 Å². The van der Waals surface area contributed by atoms with E-state index >= 15 is 0 Å². The van der Waals surface area contributed by atoms with Crippen LogP contribution in [0, 0.1) is 17.7 Å². The van der Waals surface area contributed by atoms with Crippen molar-refractivity contribution < 1.29 is 19.1 Å². The first-order chi connectivity index (χ1) is 11.4. The van der Waals surface area contributed by atoms with Gasteiger partial charge in [-0.15, -0.1) is 0 Å². The maximum Gasteiger partial charge on any atom is 0.254 e. The number of hydrogen-bond acceptors (Lipinski definition) is 3. The quantitative estimate of drug-likeness (QED) is 0.692. The number of nitrogens with one attached hydrogen (secondary N) is 2. The number of carbonyl (C=O) groups is 2. The van der Waals surface area contributed by atoms with Gasteiger partial charge >= 0.3 is 0 Å². The highest BCUT2D eigenvalue weighted by Crippen LogP contribution is 2.17. The Labute approximate surface area is 140 Å². The third-order valence-electron chi connectivity index (χ3n) is 4.09. The number of benzene rings is 1. The fourth-order valence-electron chi connectivity index (χ4n) is 2.69. The summed E-state index contributed by atoms with van der Waals surface area (Å²) >= 11 is 0. The van der Waals surface area contributed by atoms with Crippen molar-refractivity contribution in [1.82, 2.24) is 10.6 Å². The van der Waals surface area contributed by atoms with Gasteiger partial charge in [0.15, 0.2) is 0 Å². The van der Waals surface area contributed by atoms with Crippen molar-refractivity contribution >= 4 is 11.8 Å². The molecule has 0 aromatic heterocycles. The van der Waals surface area contributed by atoms with Gasteiger partial charge in [-0.3, -0.25) is 9.59 Å². The monoisotopic (exact) mass is 334 g/mol. The minimum Gasteiger partial charge on any atom is -0.396 e. The molecule has 3 N–H and O–H groups in total. The summed E-state index contributed by atoms with van der Waals surface area (Å²) in [5.41, 5.74) is -0.0861. The Morgan fingerprint density at radius 2 is 2.00 bits per heavy atom. The lowest BCUT2D eigenvalue weighted by Gasteiger charge is -2.24. The Hall–Kier alpha value is -2.21. The van der Waals surface area contributed by atoms with Crippen LogP contribution in [0.1, 0.15) is 30.6 Å². The third-order valence-corrected chi connectivity index (χ3v) is 4.09. The van der Waals surface area contributed by atoms with Crippen LogP contribution in [0.25, 0.3) is 0 Å². The number of aliphatic hydroxyl groups excluding tert-OH is 1.